The highest BCUT2D eigenvalue weighted by Gasteiger charge is 2.35. The Morgan fingerprint density at radius 2 is 2.07 bits per heavy atom. The summed E-state index contributed by atoms with van der Waals surface area (Å²) in [5, 5.41) is 11.1. The first-order valence-corrected chi connectivity index (χ1v) is 10.8. The molecule has 0 saturated heterocycles. The first-order chi connectivity index (χ1) is 13.3. The van der Waals surface area contributed by atoms with Gasteiger partial charge in [0.15, 0.2) is 10.8 Å². The molecule has 2 aromatic rings. The maximum atomic E-state index is 12.9. The molecule has 0 aliphatic heterocycles. The molecule has 1 aliphatic carbocycles. The van der Waals surface area contributed by atoms with E-state index in [4.69, 9.17) is 5.10 Å². The Bertz CT molecular complexity index is 884. The number of hydrogen-bond donors (Lipinski definition) is 2. The van der Waals surface area contributed by atoms with E-state index in [0.717, 1.165) is 47.5 Å². The number of anilines is 1. The van der Waals surface area contributed by atoms with E-state index in [9.17, 15) is 9.59 Å². The van der Waals surface area contributed by atoms with Crippen LogP contribution in [0.2, 0.25) is 0 Å². The van der Waals surface area contributed by atoms with Gasteiger partial charge in [0.1, 0.15) is 0 Å². The van der Waals surface area contributed by atoms with Crippen molar-refractivity contribution in [1.29, 1.82) is 0 Å². The number of unbranched alkanes of at least 4 members (excludes halogenated alkanes) is 2. The molecule has 0 saturated carbocycles. The van der Waals surface area contributed by atoms with E-state index in [1.54, 1.807) is 0 Å². The fraction of sp³-hybridized carbons (Fsp3) is 0.600. The van der Waals surface area contributed by atoms with Gasteiger partial charge in [-0.25, -0.2) is 4.98 Å². The largest absolute Gasteiger partial charge is 0.351 e. The van der Waals surface area contributed by atoms with Crippen LogP contribution in [0.4, 0.5) is 5.13 Å². The quantitative estimate of drug-likeness (QED) is 0.681. The Morgan fingerprint density at radius 1 is 1.32 bits per heavy atom. The monoisotopic (exact) mass is 403 g/mol. The summed E-state index contributed by atoms with van der Waals surface area (Å²) in [6.45, 7) is 10.5. The second-order valence-corrected chi connectivity index (χ2v) is 8.69. The molecule has 7 nitrogen and oxygen atoms in total. The first-order valence-electron chi connectivity index (χ1n) is 10.0. The van der Waals surface area contributed by atoms with Gasteiger partial charge in [0.2, 0.25) is 5.91 Å². The molecular weight excluding hydrogens is 374 g/mol. The van der Waals surface area contributed by atoms with Crippen LogP contribution >= 0.6 is 11.3 Å². The van der Waals surface area contributed by atoms with Crippen molar-refractivity contribution in [2.45, 2.75) is 72.3 Å². The van der Waals surface area contributed by atoms with Crippen molar-refractivity contribution in [3.05, 3.63) is 17.0 Å². The zero-order chi connectivity index (χ0) is 20.4. The summed E-state index contributed by atoms with van der Waals surface area (Å²) in [6, 6.07) is 0.111. The van der Waals surface area contributed by atoms with E-state index in [2.05, 4.69) is 43.3 Å². The summed E-state index contributed by atoms with van der Waals surface area (Å²) in [5.41, 5.74) is 3.45. The molecule has 2 heterocycles. The van der Waals surface area contributed by atoms with E-state index in [1.807, 2.05) is 4.68 Å². The van der Waals surface area contributed by atoms with Gasteiger partial charge < -0.3 is 10.6 Å². The maximum absolute atomic E-state index is 12.9. The van der Waals surface area contributed by atoms with Crippen LogP contribution in [0.3, 0.4) is 0 Å². The molecule has 3 rings (SSSR count). The van der Waals surface area contributed by atoms with Crippen molar-refractivity contribution < 1.29 is 9.59 Å². The topological polar surface area (TPSA) is 88.9 Å². The molecule has 0 bridgehead atoms. The average Bonchev–Trinajstić information content (AvgIpc) is 3.19. The minimum absolute atomic E-state index is 0.103. The number of fused-ring (bicyclic) bond motifs is 3. The number of thiazole rings is 1. The summed E-state index contributed by atoms with van der Waals surface area (Å²) in [5.74, 6) is -0.101. The van der Waals surface area contributed by atoms with Crippen LogP contribution in [0, 0.1) is 0 Å². The maximum Gasteiger partial charge on any atom is 0.272 e. The molecule has 1 atom stereocenters. The minimum Gasteiger partial charge on any atom is -0.351 e. The number of nitrogens with one attached hydrogen (secondary N) is 2. The van der Waals surface area contributed by atoms with Gasteiger partial charge in [-0.2, -0.15) is 5.10 Å². The lowest BCUT2D eigenvalue weighted by molar-refractivity contribution is -0.114. The molecule has 2 aromatic heterocycles. The SMILES string of the molecule is CCCCCNC(=O)c1nn(C(C)C)c2c1C(C)Cc1nc(NC(C)=O)sc1-2. The normalized spacial score (nSPS) is 15.3. The summed E-state index contributed by atoms with van der Waals surface area (Å²) in [6.07, 6.45) is 3.93. The van der Waals surface area contributed by atoms with Crippen LogP contribution < -0.4 is 10.6 Å². The lowest BCUT2D eigenvalue weighted by Crippen LogP contribution is -2.26. The number of rotatable bonds is 7. The van der Waals surface area contributed by atoms with Gasteiger partial charge >= 0.3 is 0 Å². The van der Waals surface area contributed by atoms with Gasteiger partial charge in [-0.05, 0) is 32.6 Å². The highest BCUT2D eigenvalue weighted by Crippen LogP contribution is 2.46. The van der Waals surface area contributed by atoms with Crippen molar-refractivity contribution in [1.82, 2.24) is 20.1 Å². The van der Waals surface area contributed by atoms with E-state index in [-0.39, 0.29) is 23.8 Å². The second kappa shape index (κ2) is 8.43. The molecule has 2 N–H and O–H groups in total. The Kier molecular flexibility index (Phi) is 6.17. The molecule has 0 spiro atoms. The summed E-state index contributed by atoms with van der Waals surface area (Å²) in [7, 11) is 0. The van der Waals surface area contributed by atoms with Gasteiger partial charge in [-0.15, -0.1) is 0 Å². The fourth-order valence-electron chi connectivity index (χ4n) is 3.61. The predicted molar refractivity (Wildman–Crippen MR) is 112 cm³/mol. The molecular formula is C20H29N5O2S. The van der Waals surface area contributed by atoms with E-state index < -0.39 is 0 Å². The summed E-state index contributed by atoms with van der Waals surface area (Å²) in [4.78, 5) is 29.9. The Morgan fingerprint density at radius 3 is 2.71 bits per heavy atom. The van der Waals surface area contributed by atoms with Gasteiger partial charge in [0, 0.05) is 25.1 Å². The minimum atomic E-state index is -0.135. The van der Waals surface area contributed by atoms with Crippen molar-refractivity contribution in [3.8, 4) is 10.6 Å². The van der Waals surface area contributed by atoms with Crippen molar-refractivity contribution in [2.75, 3.05) is 11.9 Å². The van der Waals surface area contributed by atoms with E-state index >= 15 is 0 Å². The highest BCUT2D eigenvalue weighted by molar-refractivity contribution is 7.19. The number of aromatic nitrogens is 3. The molecule has 0 radical (unpaired) electrons. The van der Waals surface area contributed by atoms with Crippen LogP contribution in [-0.2, 0) is 11.2 Å². The lowest BCUT2D eigenvalue weighted by Gasteiger charge is -2.20. The van der Waals surface area contributed by atoms with Crippen molar-refractivity contribution in [2.24, 2.45) is 0 Å². The average molecular weight is 404 g/mol. The smallest absolute Gasteiger partial charge is 0.272 e. The fourth-order valence-corrected chi connectivity index (χ4v) is 4.70. The van der Waals surface area contributed by atoms with Crippen molar-refractivity contribution in [3.63, 3.8) is 0 Å². The predicted octanol–water partition coefficient (Wildman–Crippen LogP) is 4.13. The molecule has 8 heteroatoms. The third-order valence-corrected chi connectivity index (χ3v) is 5.92. The van der Waals surface area contributed by atoms with Crippen molar-refractivity contribution >= 4 is 28.3 Å². The molecule has 1 unspecified atom stereocenters. The number of amides is 2. The van der Waals surface area contributed by atoms with Crippen LogP contribution in [0.5, 0.6) is 0 Å². The standard InChI is InChI=1S/C20H29N5O2S/c1-6-7-8-9-21-19(27)16-15-12(4)10-14-18(17(15)25(24-16)11(2)3)28-20(23-14)22-13(5)26/h11-12H,6-10H2,1-5H3,(H,21,27)(H,22,23,26). The highest BCUT2D eigenvalue weighted by atomic mass is 32.1. The van der Waals surface area contributed by atoms with Crippen LogP contribution in [0.15, 0.2) is 0 Å². The summed E-state index contributed by atoms with van der Waals surface area (Å²) < 4.78 is 1.93. The molecule has 0 aromatic carbocycles. The Hall–Kier alpha value is -2.22. The molecule has 2 amide bonds. The lowest BCUT2D eigenvalue weighted by atomic mass is 9.87. The number of hydrogen-bond acceptors (Lipinski definition) is 5. The third-order valence-electron chi connectivity index (χ3n) is 4.90. The van der Waals surface area contributed by atoms with E-state index in [1.165, 1.54) is 18.3 Å². The first kappa shape index (κ1) is 20.5. The van der Waals surface area contributed by atoms with Crippen LogP contribution in [0.1, 0.15) is 87.6 Å². The second-order valence-electron chi connectivity index (χ2n) is 7.69. The zero-order valence-electron chi connectivity index (χ0n) is 17.3. The number of carbonyl (C=O) groups excluding carboxylic acids is 2. The van der Waals surface area contributed by atoms with Crippen LogP contribution in [-0.4, -0.2) is 33.1 Å². The van der Waals surface area contributed by atoms with Gasteiger partial charge in [-0.1, -0.05) is 38.0 Å². The van der Waals surface area contributed by atoms with Crippen LogP contribution in [0.25, 0.3) is 10.6 Å². The number of carbonyl (C=O) groups is 2. The van der Waals surface area contributed by atoms with Gasteiger partial charge in [0.25, 0.3) is 5.91 Å². The third kappa shape index (κ3) is 3.97. The van der Waals surface area contributed by atoms with Gasteiger partial charge in [-0.3, -0.25) is 14.3 Å². The van der Waals surface area contributed by atoms with Gasteiger partial charge in [0.05, 0.1) is 16.3 Å². The Labute approximate surface area is 169 Å². The molecule has 152 valence electrons. The molecule has 0 fully saturated rings. The molecule has 1 aliphatic rings. The zero-order valence-corrected chi connectivity index (χ0v) is 18.1. The molecule has 28 heavy (non-hydrogen) atoms. The van der Waals surface area contributed by atoms with E-state index in [0.29, 0.717) is 17.4 Å². The number of nitrogens with zero attached hydrogens (tertiary/aromatic N) is 3. The Balaban J connectivity index is 2.01. The summed E-state index contributed by atoms with van der Waals surface area (Å²) >= 11 is 1.45.